The third-order valence-electron chi connectivity index (χ3n) is 2.62. The van der Waals surface area contributed by atoms with Gasteiger partial charge < -0.3 is 5.73 Å². The predicted molar refractivity (Wildman–Crippen MR) is 63.4 cm³/mol. The van der Waals surface area contributed by atoms with Gasteiger partial charge >= 0.3 is 0 Å². The highest BCUT2D eigenvalue weighted by molar-refractivity contribution is 5.24. The highest BCUT2D eigenvalue weighted by atomic mass is 19.1. The van der Waals surface area contributed by atoms with Crippen molar-refractivity contribution < 1.29 is 8.78 Å². The summed E-state index contributed by atoms with van der Waals surface area (Å²) in [6, 6.07) is 12.1. The molecule has 2 N–H and O–H groups in total. The zero-order chi connectivity index (χ0) is 12.3. The molecule has 2 aromatic rings. The van der Waals surface area contributed by atoms with Gasteiger partial charge in [0, 0.05) is 6.04 Å². The van der Waals surface area contributed by atoms with E-state index in [4.69, 9.17) is 5.73 Å². The predicted octanol–water partition coefficient (Wildman–Crippen LogP) is 3.21. The maximum atomic E-state index is 13.0. The van der Waals surface area contributed by atoms with E-state index in [9.17, 15) is 8.78 Å². The fourth-order valence-electron chi connectivity index (χ4n) is 1.77. The van der Waals surface area contributed by atoms with Crippen LogP contribution < -0.4 is 5.73 Å². The van der Waals surface area contributed by atoms with Crippen molar-refractivity contribution in [1.82, 2.24) is 0 Å². The summed E-state index contributed by atoms with van der Waals surface area (Å²) in [4.78, 5) is 0. The summed E-state index contributed by atoms with van der Waals surface area (Å²) >= 11 is 0. The third kappa shape index (κ3) is 3.11. The Balaban J connectivity index is 2.14. The van der Waals surface area contributed by atoms with Crippen molar-refractivity contribution in [2.75, 3.05) is 0 Å². The van der Waals surface area contributed by atoms with Gasteiger partial charge in [-0.25, -0.2) is 8.78 Å². The summed E-state index contributed by atoms with van der Waals surface area (Å²) < 4.78 is 26.0. The summed E-state index contributed by atoms with van der Waals surface area (Å²) in [6.07, 6.45) is 0.487. The van der Waals surface area contributed by atoms with E-state index in [1.165, 1.54) is 24.3 Å². The molecule has 0 aliphatic heterocycles. The van der Waals surface area contributed by atoms with E-state index in [2.05, 4.69) is 0 Å². The number of benzene rings is 2. The average molecular weight is 233 g/mol. The van der Waals surface area contributed by atoms with E-state index in [1.54, 1.807) is 18.2 Å². The molecule has 0 saturated carbocycles. The van der Waals surface area contributed by atoms with Gasteiger partial charge in [0.25, 0.3) is 0 Å². The van der Waals surface area contributed by atoms with Gasteiger partial charge in [-0.2, -0.15) is 0 Å². The molecule has 0 saturated heterocycles. The minimum Gasteiger partial charge on any atom is -0.324 e. The van der Waals surface area contributed by atoms with Crippen LogP contribution in [0.4, 0.5) is 8.78 Å². The van der Waals surface area contributed by atoms with Gasteiger partial charge in [0.1, 0.15) is 11.6 Å². The van der Waals surface area contributed by atoms with E-state index < -0.39 is 0 Å². The Morgan fingerprint density at radius 3 is 2.24 bits per heavy atom. The minimum atomic E-state index is -0.326. The Hall–Kier alpha value is -1.74. The molecular weight excluding hydrogens is 220 g/mol. The minimum absolute atomic E-state index is 0.283. The molecule has 0 unspecified atom stereocenters. The van der Waals surface area contributed by atoms with Crippen molar-refractivity contribution in [3.63, 3.8) is 0 Å². The number of rotatable bonds is 3. The van der Waals surface area contributed by atoms with Gasteiger partial charge in [-0.15, -0.1) is 0 Å². The molecule has 3 heteroatoms. The van der Waals surface area contributed by atoms with Gasteiger partial charge in [0.2, 0.25) is 0 Å². The van der Waals surface area contributed by atoms with Crippen LogP contribution in [0.25, 0.3) is 0 Å². The van der Waals surface area contributed by atoms with Crippen molar-refractivity contribution in [2.24, 2.45) is 5.73 Å². The molecule has 0 heterocycles. The topological polar surface area (TPSA) is 26.0 Å². The Morgan fingerprint density at radius 1 is 0.941 bits per heavy atom. The lowest BCUT2D eigenvalue weighted by Crippen LogP contribution is -2.13. The van der Waals surface area contributed by atoms with Gasteiger partial charge in [-0.05, 0) is 41.8 Å². The maximum absolute atomic E-state index is 13.0. The Kier molecular flexibility index (Phi) is 3.49. The van der Waals surface area contributed by atoms with E-state index in [0.717, 1.165) is 5.56 Å². The van der Waals surface area contributed by atoms with Crippen LogP contribution >= 0.6 is 0 Å². The molecule has 0 fully saturated rings. The summed E-state index contributed by atoms with van der Waals surface area (Å²) in [6.45, 7) is 0. The molecule has 0 aromatic heterocycles. The van der Waals surface area contributed by atoms with Crippen LogP contribution in [0.1, 0.15) is 17.2 Å². The first kappa shape index (κ1) is 11.7. The lowest BCUT2D eigenvalue weighted by atomic mass is 10.00. The molecule has 0 spiro atoms. The van der Waals surface area contributed by atoms with Crippen molar-refractivity contribution in [1.29, 1.82) is 0 Å². The molecule has 2 rings (SSSR count). The summed E-state index contributed by atoms with van der Waals surface area (Å²) in [7, 11) is 0. The SMILES string of the molecule is N[C@@H](Cc1cccc(F)c1)c1cccc(F)c1. The van der Waals surface area contributed by atoms with Gasteiger partial charge in [0.05, 0.1) is 0 Å². The Labute approximate surface area is 98.9 Å². The van der Waals surface area contributed by atoms with Crippen LogP contribution in [0.5, 0.6) is 0 Å². The second-order valence-electron chi connectivity index (χ2n) is 4.00. The number of halogens is 2. The van der Waals surface area contributed by atoms with E-state index in [0.29, 0.717) is 12.0 Å². The number of hydrogen-bond acceptors (Lipinski definition) is 1. The number of nitrogens with two attached hydrogens (primary N) is 1. The van der Waals surface area contributed by atoms with Crippen LogP contribution in [0, 0.1) is 11.6 Å². The first-order valence-corrected chi connectivity index (χ1v) is 5.40. The van der Waals surface area contributed by atoms with Crippen LogP contribution in [0.3, 0.4) is 0 Å². The maximum Gasteiger partial charge on any atom is 0.123 e. The summed E-state index contributed by atoms with van der Waals surface area (Å²) in [5.41, 5.74) is 7.48. The zero-order valence-electron chi connectivity index (χ0n) is 9.24. The first-order valence-electron chi connectivity index (χ1n) is 5.40. The van der Waals surface area contributed by atoms with Crippen LogP contribution in [-0.2, 0) is 6.42 Å². The zero-order valence-corrected chi connectivity index (χ0v) is 9.24. The highest BCUT2D eigenvalue weighted by Gasteiger charge is 2.08. The number of hydrogen-bond donors (Lipinski definition) is 1. The van der Waals surface area contributed by atoms with Gasteiger partial charge in [-0.3, -0.25) is 0 Å². The van der Waals surface area contributed by atoms with Crippen LogP contribution in [0.2, 0.25) is 0 Å². The largest absolute Gasteiger partial charge is 0.324 e. The van der Waals surface area contributed by atoms with Gasteiger partial charge in [0.15, 0.2) is 0 Å². The normalized spacial score (nSPS) is 12.4. The molecular formula is C14H13F2N. The fourth-order valence-corrected chi connectivity index (χ4v) is 1.77. The molecule has 0 bridgehead atoms. The van der Waals surface area contributed by atoms with E-state index in [1.807, 2.05) is 6.07 Å². The Morgan fingerprint density at radius 2 is 1.59 bits per heavy atom. The molecule has 2 aromatic carbocycles. The van der Waals surface area contributed by atoms with Crippen molar-refractivity contribution >= 4 is 0 Å². The second-order valence-corrected chi connectivity index (χ2v) is 4.00. The van der Waals surface area contributed by atoms with Crippen molar-refractivity contribution in [3.05, 3.63) is 71.3 Å². The molecule has 0 amide bonds. The summed E-state index contributed by atoms with van der Waals surface area (Å²) in [5.74, 6) is -0.592. The molecule has 88 valence electrons. The molecule has 0 aliphatic rings. The quantitative estimate of drug-likeness (QED) is 0.865. The highest BCUT2D eigenvalue weighted by Crippen LogP contribution is 2.17. The molecule has 1 nitrogen and oxygen atoms in total. The standard InChI is InChI=1S/C14H13F2N/c15-12-5-1-3-10(7-12)8-14(17)11-4-2-6-13(16)9-11/h1-7,9,14H,8,17H2/t14-/m0/s1. The molecule has 0 aliphatic carbocycles. The third-order valence-corrected chi connectivity index (χ3v) is 2.62. The van der Waals surface area contributed by atoms with Crippen LogP contribution in [-0.4, -0.2) is 0 Å². The lowest BCUT2D eigenvalue weighted by Gasteiger charge is -2.12. The smallest absolute Gasteiger partial charge is 0.123 e. The van der Waals surface area contributed by atoms with Crippen LogP contribution in [0.15, 0.2) is 48.5 Å². The molecule has 17 heavy (non-hydrogen) atoms. The van der Waals surface area contributed by atoms with E-state index in [-0.39, 0.29) is 17.7 Å². The lowest BCUT2D eigenvalue weighted by molar-refractivity contribution is 0.614. The van der Waals surface area contributed by atoms with E-state index >= 15 is 0 Å². The van der Waals surface area contributed by atoms with Gasteiger partial charge in [-0.1, -0.05) is 24.3 Å². The van der Waals surface area contributed by atoms with Crippen molar-refractivity contribution in [3.8, 4) is 0 Å². The molecule has 0 radical (unpaired) electrons. The second kappa shape index (κ2) is 5.06. The average Bonchev–Trinajstić information content (AvgIpc) is 2.29. The van der Waals surface area contributed by atoms with Crippen molar-refractivity contribution in [2.45, 2.75) is 12.5 Å². The first-order chi connectivity index (χ1) is 8.15. The molecule has 1 atom stereocenters. The summed E-state index contributed by atoms with van der Waals surface area (Å²) in [5, 5.41) is 0. The monoisotopic (exact) mass is 233 g/mol. The fraction of sp³-hybridized carbons (Fsp3) is 0.143. The Bertz CT molecular complexity index is 511.